The van der Waals surface area contributed by atoms with Crippen molar-refractivity contribution < 1.29 is 18.3 Å². The van der Waals surface area contributed by atoms with Gasteiger partial charge in [0.1, 0.15) is 0 Å². The average Bonchev–Trinajstić information content (AvgIpc) is 2.21. The maximum absolute atomic E-state index is 11.7. The molecule has 1 aromatic carbocycles. The highest BCUT2D eigenvalue weighted by Gasteiger charge is 2.19. The SMILES string of the molecule is CCS(=O)(=O)c1ccc(C(=O)O)c(Br)c1C. The molecule has 0 heterocycles. The van der Waals surface area contributed by atoms with E-state index in [4.69, 9.17) is 5.11 Å². The van der Waals surface area contributed by atoms with Crippen molar-refractivity contribution in [2.24, 2.45) is 0 Å². The molecule has 0 aliphatic carbocycles. The lowest BCUT2D eigenvalue weighted by molar-refractivity contribution is 0.0695. The molecule has 6 heteroatoms. The van der Waals surface area contributed by atoms with Crippen LogP contribution in [0.3, 0.4) is 0 Å². The van der Waals surface area contributed by atoms with Gasteiger partial charge in [0.25, 0.3) is 0 Å². The third-order valence-electron chi connectivity index (χ3n) is 2.28. The van der Waals surface area contributed by atoms with Gasteiger partial charge in [-0.1, -0.05) is 6.92 Å². The molecule has 0 bridgehead atoms. The first-order valence-electron chi connectivity index (χ1n) is 4.56. The first-order valence-corrected chi connectivity index (χ1v) is 7.01. The van der Waals surface area contributed by atoms with Crippen LogP contribution in [0.5, 0.6) is 0 Å². The van der Waals surface area contributed by atoms with E-state index >= 15 is 0 Å². The predicted octanol–water partition coefficient (Wildman–Crippen LogP) is 2.25. The fourth-order valence-electron chi connectivity index (χ4n) is 1.32. The smallest absolute Gasteiger partial charge is 0.336 e. The number of hydrogen-bond donors (Lipinski definition) is 1. The van der Waals surface area contributed by atoms with Crippen molar-refractivity contribution in [3.63, 3.8) is 0 Å². The van der Waals surface area contributed by atoms with Crippen LogP contribution in [-0.4, -0.2) is 25.2 Å². The second-order valence-corrected chi connectivity index (χ2v) is 6.30. The molecule has 0 saturated heterocycles. The van der Waals surface area contributed by atoms with Gasteiger partial charge in [0.05, 0.1) is 16.2 Å². The quantitative estimate of drug-likeness (QED) is 0.929. The molecule has 0 unspecified atom stereocenters. The van der Waals surface area contributed by atoms with E-state index in [1.54, 1.807) is 13.8 Å². The van der Waals surface area contributed by atoms with E-state index in [0.717, 1.165) is 0 Å². The zero-order valence-electron chi connectivity index (χ0n) is 8.82. The molecule has 0 aromatic heterocycles. The van der Waals surface area contributed by atoms with Crippen LogP contribution in [0.4, 0.5) is 0 Å². The van der Waals surface area contributed by atoms with Gasteiger partial charge in [-0.3, -0.25) is 0 Å². The molecule has 0 fully saturated rings. The summed E-state index contributed by atoms with van der Waals surface area (Å²) < 4.78 is 23.7. The number of sulfone groups is 1. The second-order valence-electron chi connectivity index (χ2n) is 3.26. The standard InChI is InChI=1S/C10H11BrO4S/c1-3-16(14,15)8-5-4-7(10(12)13)9(11)6(8)2/h4-5H,3H2,1-2H3,(H,12,13). The monoisotopic (exact) mass is 306 g/mol. The minimum atomic E-state index is -3.32. The highest BCUT2D eigenvalue weighted by molar-refractivity contribution is 9.10. The average molecular weight is 307 g/mol. The normalized spacial score (nSPS) is 11.4. The topological polar surface area (TPSA) is 71.4 Å². The van der Waals surface area contributed by atoms with E-state index < -0.39 is 15.8 Å². The molecule has 0 aliphatic heterocycles. The Morgan fingerprint density at radius 1 is 1.44 bits per heavy atom. The number of rotatable bonds is 3. The summed E-state index contributed by atoms with van der Waals surface area (Å²) >= 11 is 3.11. The lowest BCUT2D eigenvalue weighted by Gasteiger charge is -2.09. The number of carboxylic acid groups (broad SMARTS) is 1. The molecule has 0 radical (unpaired) electrons. The van der Waals surface area contributed by atoms with Crippen LogP contribution in [0.15, 0.2) is 21.5 Å². The lowest BCUT2D eigenvalue weighted by Crippen LogP contribution is -2.08. The van der Waals surface area contributed by atoms with Crippen LogP contribution in [0.2, 0.25) is 0 Å². The second kappa shape index (κ2) is 4.55. The van der Waals surface area contributed by atoms with Gasteiger partial charge in [0, 0.05) is 4.47 Å². The minimum absolute atomic E-state index is 0.00724. The molecule has 0 saturated carbocycles. The summed E-state index contributed by atoms with van der Waals surface area (Å²) in [6, 6.07) is 2.63. The number of hydrogen-bond acceptors (Lipinski definition) is 3. The fourth-order valence-corrected chi connectivity index (χ4v) is 3.13. The zero-order valence-corrected chi connectivity index (χ0v) is 11.2. The predicted molar refractivity (Wildman–Crippen MR) is 63.6 cm³/mol. The van der Waals surface area contributed by atoms with E-state index in [1.165, 1.54) is 12.1 Å². The largest absolute Gasteiger partial charge is 0.478 e. The molecule has 88 valence electrons. The maximum Gasteiger partial charge on any atom is 0.336 e. The van der Waals surface area contributed by atoms with E-state index in [9.17, 15) is 13.2 Å². The molecule has 16 heavy (non-hydrogen) atoms. The number of carboxylic acids is 1. The van der Waals surface area contributed by atoms with Gasteiger partial charge in [-0.15, -0.1) is 0 Å². The van der Waals surface area contributed by atoms with Crippen LogP contribution in [0.25, 0.3) is 0 Å². The van der Waals surface area contributed by atoms with Crippen LogP contribution in [-0.2, 0) is 9.84 Å². The summed E-state index contributed by atoms with van der Waals surface area (Å²) in [5.41, 5.74) is 0.495. The fraction of sp³-hybridized carbons (Fsp3) is 0.300. The van der Waals surface area contributed by atoms with Crippen LogP contribution < -0.4 is 0 Å². The Labute approximate surface area is 102 Å². The molecule has 0 spiro atoms. The zero-order chi connectivity index (χ0) is 12.5. The van der Waals surface area contributed by atoms with Crippen LogP contribution in [0.1, 0.15) is 22.8 Å². The van der Waals surface area contributed by atoms with Crippen molar-refractivity contribution in [2.45, 2.75) is 18.7 Å². The summed E-state index contributed by atoms with van der Waals surface area (Å²) in [5.74, 6) is -1.09. The number of carbonyl (C=O) groups is 1. The highest BCUT2D eigenvalue weighted by Crippen LogP contribution is 2.28. The highest BCUT2D eigenvalue weighted by atomic mass is 79.9. The van der Waals surface area contributed by atoms with E-state index in [0.29, 0.717) is 10.0 Å². The molecular formula is C10H11BrO4S. The first kappa shape index (κ1) is 13.2. The number of benzene rings is 1. The number of aromatic carboxylic acids is 1. The lowest BCUT2D eigenvalue weighted by atomic mass is 10.1. The van der Waals surface area contributed by atoms with Crippen molar-refractivity contribution in [2.75, 3.05) is 5.75 Å². The molecule has 1 N–H and O–H groups in total. The maximum atomic E-state index is 11.7. The van der Waals surface area contributed by atoms with Gasteiger partial charge in [0.2, 0.25) is 0 Å². The molecule has 0 amide bonds. The van der Waals surface area contributed by atoms with Crippen molar-refractivity contribution in [1.29, 1.82) is 0 Å². The Bertz CT molecular complexity index is 534. The molecule has 4 nitrogen and oxygen atoms in total. The summed E-state index contributed by atoms with van der Waals surface area (Å²) in [6.07, 6.45) is 0. The third-order valence-corrected chi connectivity index (χ3v) is 5.18. The van der Waals surface area contributed by atoms with Crippen LogP contribution >= 0.6 is 15.9 Å². The Hall–Kier alpha value is -0.880. The van der Waals surface area contributed by atoms with Crippen molar-refractivity contribution >= 4 is 31.7 Å². The van der Waals surface area contributed by atoms with Gasteiger partial charge in [-0.2, -0.15) is 0 Å². The summed E-state index contributed by atoms with van der Waals surface area (Å²) in [4.78, 5) is 11.0. The summed E-state index contributed by atoms with van der Waals surface area (Å²) in [5, 5.41) is 8.86. The Balaban J connectivity index is 3.51. The molecular weight excluding hydrogens is 296 g/mol. The minimum Gasteiger partial charge on any atom is -0.478 e. The van der Waals surface area contributed by atoms with Crippen molar-refractivity contribution in [3.8, 4) is 0 Å². The molecule has 1 aromatic rings. The number of halogens is 1. The van der Waals surface area contributed by atoms with E-state index in [2.05, 4.69) is 15.9 Å². The van der Waals surface area contributed by atoms with Crippen LogP contribution in [0, 0.1) is 6.92 Å². The van der Waals surface area contributed by atoms with E-state index in [-0.39, 0.29) is 16.2 Å². The van der Waals surface area contributed by atoms with E-state index in [1.807, 2.05) is 0 Å². The van der Waals surface area contributed by atoms with Gasteiger partial charge in [-0.05, 0) is 40.5 Å². The Morgan fingerprint density at radius 3 is 2.44 bits per heavy atom. The van der Waals surface area contributed by atoms with Crippen molar-refractivity contribution in [1.82, 2.24) is 0 Å². The molecule has 1 rings (SSSR count). The van der Waals surface area contributed by atoms with Gasteiger partial charge < -0.3 is 5.11 Å². The van der Waals surface area contributed by atoms with Gasteiger partial charge >= 0.3 is 5.97 Å². The third kappa shape index (κ3) is 2.27. The first-order chi connectivity index (χ1) is 7.31. The van der Waals surface area contributed by atoms with Gasteiger partial charge in [0.15, 0.2) is 9.84 Å². The Kier molecular flexibility index (Phi) is 3.75. The van der Waals surface area contributed by atoms with Crippen molar-refractivity contribution in [3.05, 3.63) is 27.7 Å². The summed E-state index contributed by atoms with van der Waals surface area (Å²) in [6.45, 7) is 3.13. The molecule has 0 aliphatic rings. The Morgan fingerprint density at radius 2 is 2.00 bits per heavy atom. The van der Waals surface area contributed by atoms with Gasteiger partial charge in [-0.25, -0.2) is 13.2 Å². The molecule has 0 atom stereocenters. The summed E-state index contributed by atoms with van der Waals surface area (Å²) in [7, 11) is -3.32.